The first-order chi connectivity index (χ1) is 10.4. The highest BCUT2D eigenvalue weighted by Crippen LogP contribution is 2.19. The Morgan fingerprint density at radius 2 is 2.29 bits per heavy atom. The van der Waals surface area contributed by atoms with E-state index in [4.69, 9.17) is 4.74 Å². The number of hydrogen-bond donors (Lipinski definition) is 1. The first kappa shape index (κ1) is 14.3. The molecule has 0 amide bonds. The molecule has 1 N–H and O–H groups in total. The third kappa shape index (κ3) is 3.50. The van der Waals surface area contributed by atoms with Crippen molar-refractivity contribution in [1.29, 1.82) is 0 Å². The molecule has 0 aliphatic rings. The van der Waals surface area contributed by atoms with Gasteiger partial charge in [0.25, 0.3) is 0 Å². The van der Waals surface area contributed by atoms with Gasteiger partial charge in [-0.2, -0.15) is 0 Å². The van der Waals surface area contributed by atoms with E-state index in [9.17, 15) is 0 Å². The number of methoxy groups -OCH3 is 1. The van der Waals surface area contributed by atoms with E-state index in [-0.39, 0.29) is 0 Å². The highest BCUT2D eigenvalue weighted by Gasteiger charge is 2.04. The first-order valence-corrected chi connectivity index (χ1v) is 7.95. The SMILES string of the molecule is COCCNCc1ccc2c(ccn2Cc2cscn2)c1. The number of aromatic nitrogens is 2. The highest BCUT2D eigenvalue weighted by molar-refractivity contribution is 7.07. The van der Waals surface area contributed by atoms with E-state index < -0.39 is 0 Å². The summed E-state index contributed by atoms with van der Waals surface area (Å²) in [4.78, 5) is 4.35. The fourth-order valence-corrected chi connectivity index (χ4v) is 2.94. The molecule has 0 aliphatic heterocycles. The molecule has 21 heavy (non-hydrogen) atoms. The molecule has 110 valence electrons. The third-order valence-corrected chi connectivity index (χ3v) is 4.10. The van der Waals surface area contributed by atoms with Gasteiger partial charge in [0.1, 0.15) is 0 Å². The van der Waals surface area contributed by atoms with Gasteiger partial charge in [0.15, 0.2) is 0 Å². The van der Waals surface area contributed by atoms with E-state index in [1.54, 1.807) is 18.4 Å². The molecule has 3 aromatic rings. The van der Waals surface area contributed by atoms with Gasteiger partial charge in [0.05, 0.1) is 24.4 Å². The Kier molecular flexibility index (Phi) is 4.65. The quantitative estimate of drug-likeness (QED) is 0.682. The maximum atomic E-state index is 5.03. The average molecular weight is 301 g/mol. The second-order valence-electron chi connectivity index (χ2n) is 4.99. The molecule has 0 radical (unpaired) electrons. The zero-order chi connectivity index (χ0) is 14.5. The van der Waals surface area contributed by atoms with Crippen LogP contribution in [0, 0.1) is 0 Å². The van der Waals surface area contributed by atoms with Gasteiger partial charge in [-0.1, -0.05) is 6.07 Å². The number of ether oxygens (including phenoxy) is 1. The van der Waals surface area contributed by atoms with Crippen LogP contribution in [0.2, 0.25) is 0 Å². The fourth-order valence-electron chi connectivity index (χ4n) is 2.39. The summed E-state index contributed by atoms with van der Waals surface area (Å²) < 4.78 is 7.27. The number of nitrogens with one attached hydrogen (secondary N) is 1. The van der Waals surface area contributed by atoms with Gasteiger partial charge in [0, 0.05) is 37.3 Å². The van der Waals surface area contributed by atoms with E-state index in [1.165, 1.54) is 16.5 Å². The lowest BCUT2D eigenvalue weighted by Crippen LogP contribution is -2.18. The lowest BCUT2D eigenvalue weighted by molar-refractivity contribution is 0.199. The minimum absolute atomic E-state index is 0.742. The molecular weight excluding hydrogens is 282 g/mol. The molecule has 4 nitrogen and oxygen atoms in total. The maximum absolute atomic E-state index is 5.03. The summed E-state index contributed by atoms with van der Waals surface area (Å²) in [6, 6.07) is 8.78. The van der Waals surface area contributed by atoms with Gasteiger partial charge in [-0.15, -0.1) is 11.3 Å². The molecule has 0 atom stereocenters. The number of thiazole rings is 1. The predicted octanol–water partition coefficient (Wildman–Crippen LogP) is 2.88. The number of rotatable bonds is 7. The van der Waals surface area contributed by atoms with Crippen LogP contribution in [0.5, 0.6) is 0 Å². The summed E-state index contributed by atoms with van der Waals surface area (Å²) in [6.07, 6.45) is 2.13. The molecule has 0 saturated carbocycles. The topological polar surface area (TPSA) is 39.1 Å². The summed E-state index contributed by atoms with van der Waals surface area (Å²) in [5.74, 6) is 0. The lowest BCUT2D eigenvalue weighted by atomic mass is 10.1. The Morgan fingerprint density at radius 1 is 1.33 bits per heavy atom. The molecule has 2 heterocycles. The molecule has 5 heteroatoms. The Morgan fingerprint density at radius 3 is 3.10 bits per heavy atom. The Balaban J connectivity index is 1.71. The van der Waals surface area contributed by atoms with Crippen LogP contribution in [0.25, 0.3) is 10.9 Å². The monoisotopic (exact) mass is 301 g/mol. The number of fused-ring (bicyclic) bond motifs is 1. The van der Waals surface area contributed by atoms with Crippen molar-refractivity contribution in [1.82, 2.24) is 14.9 Å². The van der Waals surface area contributed by atoms with Crippen LogP contribution >= 0.6 is 11.3 Å². The van der Waals surface area contributed by atoms with E-state index in [1.807, 2.05) is 5.51 Å². The Hall–Kier alpha value is -1.69. The highest BCUT2D eigenvalue weighted by atomic mass is 32.1. The molecule has 3 rings (SSSR count). The molecule has 0 fully saturated rings. The van der Waals surface area contributed by atoms with Gasteiger partial charge in [0.2, 0.25) is 0 Å². The molecule has 0 unspecified atom stereocenters. The third-order valence-electron chi connectivity index (χ3n) is 3.46. The van der Waals surface area contributed by atoms with Crippen LogP contribution < -0.4 is 5.32 Å². The Bertz CT molecular complexity index is 691. The summed E-state index contributed by atoms with van der Waals surface area (Å²) in [5, 5.41) is 6.74. The van der Waals surface area contributed by atoms with Crippen LogP contribution in [0.1, 0.15) is 11.3 Å². The smallest absolute Gasteiger partial charge is 0.0795 e. The zero-order valence-corrected chi connectivity index (χ0v) is 12.9. The largest absolute Gasteiger partial charge is 0.383 e. The fraction of sp³-hybridized carbons (Fsp3) is 0.312. The van der Waals surface area contributed by atoms with Gasteiger partial charge in [-0.3, -0.25) is 0 Å². The molecule has 0 saturated heterocycles. The zero-order valence-electron chi connectivity index (χ0n) is 12.1. The normalized spacial score (nSPS) is 11.3. The van der Waals surface area contributed by atoms with Gasteiger partial charge >= 0.3 is 0 Å². The molecule has 0 bridgehead atoms. The average Bonchev–Trinajstić information content (AvgIpc) is 3.14. The summed E-state index contributed by atoms with van der Waals surface area (Å²) in [6.45, 7) is 3.32. The second-order valence-corrected chi connectivity index (χ2v) is 5.70. The summed E-state index contributed by atoms with van der Waals surface area (Å²) in [7, 11) is 1.72. The summed E-state index contributed by atoms with van der Waals surface area (Å²) in [5.41, 5.74) is 5.54. The number of hydrogen-bond acceptors (Lipinski definition) is 4. The van der Waals surface area contributed by atoms with Crippen molar-refractivity contribution in [2.75, 3.05) is 20.3 Å². The van der Waals surface area contributed by atoms with Crippen molar-refractivity contribution in [3.8, 4) is 0 Å². The molecule has 0 aliphatic carbocycles. The number of nitrogens with zero attached hydrogens (tertiary/aromatic N) is 2. The van der Waals surface area contributed by atoms with Crippen molar-refractivity contribution in [2.24, 2.45) is 0 Å². The summed E-state index contributed by atoms with van der Waals surface area (Å²) >= 11 is 1.64. The van der Waals surface area contributed by atoms with E-state index in [0.717, 1.165) is 31.9 Å². The van der Waals surface area contributed by atoms with Crippen molar-refractivity contribution >= 4 is 22.2 Å². The maximum Gasteiger partial charge on any atom is 0.0795 e. The second kappa shape index (κ2) is 6.85. The molecule has 0 spiro atoms. The van der Waals surface area contributed by atoms with Crippen molar-refractivity contribution in [2.45, 2.75) is 13.1 Å². The van der Waals surface area contributed by atoms with Crippen molar-refractivity contribution in [3.05, 3.63) is 52.6 Å². The van der Waals surface area contributed by atoms with Gasteiger partial charge < -0.3 is 14.6 Å². The van der Waals surface area contributed by atoms with Crippen LogP contribution in [-0.2, 0) is 17.8 Å². The van der Waals surface area contributed by atoms with Crippen LogP contribution in [0.15, 0.2) is 41.4 Å². The van der Waals surface area contributed by atoms with Crippen LogP contribution in [-0.4, -0.2) is 29.8 Å². The molecule has 1 aromatic carbocycles. The number of benzene rings is 1. The van der Waals surface area contributed by atoms with E-state index in [0.29, 0.717) is 0 Å². The van der Waals surface area contributed by atoms with Crippen molar-refractivity contribution < 1.29 is 4.74 Å². The first-order valence-electron chi connectivity index (χ1n) is 7.01. The standard InChI is InChI=1S/C16H19N3OS/c1-20-7-5-17-9-13-2-3-16-14(8-13)4-6-19(16)10-15-11-21-12-18-15/h2-4,6,8,11-12,17H,5,7,9-10H2,1H3. The van der Waals surface area contributed by atoms with Crippen LogP contribution in [0.3, 0.4) is 0 Å². The predicted molar refractivity (Wildman–Crippen MR) is 86.7 cm³/mol. The van der Waals surface area contributed by atoms with Gasteiger partial charge in [-0.05, 0) is 29.1 Å². The van der Waals surface area contributed by atoms with Crippen molar-refractivity contribution in [3.63, 3.8) is 0 Å². The molecule has 2 aromatic heterocycles. The molecular formula is C16H19N3OS. The minimum atomic E-state index is 0.742. The van der Waals surface area contributed by atoms with Gasteiger partial charge in [-0.25, -0.2) is 4.98 Å². The Labute approximate surface area is 128 Å². The van der Waals surface area contributed by atoms with E-state index >= 15 is 0 Å². The van der Waals surface area contributed by atoms with Crippen LogP contribution in [0.4, 0.5) is 0 Å². The lowest BCUT2D eigenvalue weighted by Gasteiger charge is -2.06. The minimum Gasteiger partial charge on any atom is -0.383 e. The van der Waals surface area contributed by atoms with E-state index in [2.05, 4.69) is 50.7 Å².